The Balaban J connectivity index is 1.37. The van der Waals surface area contributed by atoms with Crippen LogP contribution in [0.5, 0.6) is 0 Å². The number of aliphatic imine (C=N–C) groups is 1. The number of piperidine rings is 1. The molecular formula is C28H32ClN3O4SSi. The molecule has 1 aromatic heterocycles. The lowest BCUT2D eigenvalue weighted by atomic mass is 9.84. The van der Waals surface area contributed by atoms with Crippen LogP contribution in [0.25, 0.3) is 5.57 Å². The van der Waals surface area contributed by atoms with E-state index in [2.05, 4.69) is 48.7 Å². The van der Waals surface area contributed by atoms with Gasteiger partial charge in [0.15, 0.2) is 13.5 Å². The fourth-order valence-electron chi connectivity index (χ4n) is 4.70. The van der Waals surface area contributed by atoms with Crippen LogP contribution in [-0.4, -0.2) is 54.9 Å². The fraction of sp³-hybridized carbons (Fsp3) is 0.429. The molecule has 2 aromatic rings. The number of esters is 1. The minimum atomic E-state index is -2.08. The van der Waals surface area contributed by atoms with Gasteiger partial charge in [0.05, 0.1) is 17.1 Å². The normalized spacial score (nSPS) is 20.5. The highest BCUT2D eigenvalue weighted by Crippen LogP contribution is 2.45. The molecule has 1 amide bonds. The third kappa shape index (κ3) is 4.97. The number of aromatic nitrogens is 1. The molecule has 200 valence electrons. The summed E-state index contributed by atoms with van der Waals surface area (Å²) in [7, 11) is -2.08. The van der Waals surface area contributed by atoms with Crippen LogP contribution in [0.2, 0.25) is 23.3 Å². The van der Waals surface area contributed by atoms with Gasteiger partial charge in [0.25, 0.3) is 5.91 Å². The molecule has 0 bridgehead atoms. The van der Waals surface area contributed by atoms with Crippen LogP contribution in [-0.2, 0) is 19.6 Å². The highest BCUT2D eigenvalue weighted by Gasteiger charge is 2.48. The summed E-state index contributed by atoms with van der Waals surface area (Å²) in [5.41, 5.74) is 2.58. The molecule has 0 aliphatic carbocycles. The van der Waals surface area contributed by atoms with Crippen LogP contribution in [0.4, 0.5) is 0 Å². The van der Waals surface area contributed by atoms with Gasteiger partial charge in [-0.2, -0.15) is 4.99 Å². The number of pyridine rings is 1. The summed E-state index contributed by atoms with van der Waals surface area (Å²) in [5.74, 6) is -0.531. The standard InChI is InChI=1S/C28H32ClN3O4SSi/c1-27(2,3)38(4,5)35-17-20(18-10-11-22(29)30-16-18)23-24(33)31-26(37-23)32-14-12-28(13-15-32)21-9-7-6-8-19(21)25(34)36-28/h6-11,16H,12-15,17H2,1-5H3/b23-20-. The molecule has 0 saturated carbocycles. The van der Waals surface area contributed by atoms with Gasteiger partial charge in [-0.1, -0.05) is 50.6 Å². The quantitative estimate of drug-likeness (QED) is 0.186. The van der Waals surface area contributed by atoms with E-state index >= 15 is 0 Å². The van der Waals surface area contributed by atoms with Crippen LogP contribution in [0.3, 0.4) is 0 Å². The number of halogens is 1. The topological polar surface area (TPSA) is 81.1 Å². The summed E-state index contributed by atoms with van der Waals surface area (Å²) in [6, 6.07) is 11.2. The van der Waals surface area contributed by atoms with Crippen molar-refractivity contribution in [1.82, 2.24) is 9.88 Å². The Morgan fingerprint density at radius 1 is 1.16 bits per heavy atom. The van der Waals surface area contributed by atoms with Crippen molar-refractivity contribution in [1.29, 1.82) is 0 Å². The lowest BCUT2D eigenvalue weighted by Gasteiger charge is -2.39. The number of amides is 1. The van der Waals surface area contributed by atoms with E-state index in [-0.39, 0.29) is 16.9 Å². The second-order valence-electron chi connectivity index (χ2n) is 11.4. The minimum Gasteiger partial charge on any atom is -0.450 e. The summed E-state index contributed by atoms with van der Waals surface area (Å²) < 4.78 is 12.4. The van der Waals surface area contributed by atoms with Crippen molar-refractivity contribution in [2.45, 2.75) is 57.3 Å². The number of hydrogen-bond donors (Lipinski definition) is 0. The van der Waals surface area contributed by atoms with Gasteiger partial charge in [-0.25, -0.2) is 9.78 Å². The van der Waals surface area contributed by atoms with Crippen molar-refractivity contribution in [2.24, 2.45) is 4.99 Å². The van der Waals surface area contributed by atoms with Crippen molar-refractivity contribution < 1.29 is 18.8 Å². The molecular weight excluding hydrogens is 538 g/mol. The molecule has 38 heavy (non-hydrogen) atoms. The molecule has 7 nitrogen and oxygen atoms in total. The zero-order valence-corrected chi connectivity index (χ0v) is 24.9. The number of rotatable bonds is 4. The predicted molar refractivity (Wildman–Crippen MR) is 154 cm³/mol. The molecule has 4 heterocycles. The molecule has 1 aromatic carbocycles. The predicted octanol–water partition coefficient (Wildman–Crippen LogP) is 6.26. The molecule has 5 rings (SSSR count). The van der Waals surface area contributed by atoms with Gasteiger partial charge in [0, 0.05) is 43.3 Å². The number of thioether (sulfide) groups is 1. The Hall–Kier alpha value is -2.46. The Bertz CT molecular complexity index is 1340. The number of likely N-dealkylation sites (tertiary alicyclic amines) is 1. The molecule has 0 unspecified atom stereocenters. The van der Waals surface area contributed by atoms with Gasteiger partial charge in [-0.3, -0.25) is 4.79 Å². The maximum atomic E-state index is 13.2. The van der Waals surface area contributed by atoms with E-state index in [1.165, 1.54) is 11.8 Å². The fourth-order valence-corrected chi connectivity index (χ4v) is 6.81. The largest absolute Gasteiger partial charge is 0.450 e. The van der Waals surface area contributed by atoms with Gasteiger partial charge in [-0.15, -0.1) is 0 Å². The number of carbonyl (C=O) groups is 2. The van der Waals surface area contributed by atoms with Crippen LogP contribution < -0.4 is 0 Å². The maximum absolute atomic E-state index is 13.2. The average molecular weight is 570 g/mol. The first-order chi connectivity index (χ1) is 17.9. The Morgan fingerprint density at radius 3 is 2.53 bits per heavy atom. The molecule has 1 fully saturated rings. The highest BCUT2D eigenvalue weighted by molar-refractivity contribution is 8.18. The number of nitrogens with zero attached hydrogens (tertiary/aromatic N) is 3. The van der Waals surface area contributed by atoms with Gasteiger partial charge < -0.3 is 14.1 Å². The average Bonchev–Trinajstić information content (AvgIpc) is 3.38. The molecule has 3 aliphatic rings. The Kier molecular flexibility index (Phi) is 7.09. The zero-order chi connectivity index (χ0) is 27.3. The number of fused-ring (bicyclic) bond motifs is 2. The van der Waals surface area contributed by atoms with Crippen LogP contribution in [0.1, 0.15) is 55.1 Å². The van der Waals surface area contributed by atoms with Gasteiger partial charge in [-0.05, 0) is 53.7 Å². The van der Waals surface area contributed by atoms with E-state index in [9.17, 15) is 9.59 Å². The summed E-state index contributed by atoms with van der Waals surface area (Å²) in [6.07, 6.45) is 2.97. The number of benzene rings is 1. The summed E-state index contributed by atoms with van der Waals surface area (Å²) in [5, 5.41) is 1.09. The van der Waals surface area contributed by atoms with Crippen LogP contribution >= 0.6 is 23.4 Å². The van der Waals surface area contributed by atoms with Crippen molar-refractivity contribution in [3.63, 3.8) is 0 Å². The van der Waals surface area contributed by atoms with Crippen molar-refractivity contribution in [2.75, 3.05) is 19.7 Å². The minimum absolute atomic E-state index is 0.0293. The SMILES string of the molecule is CC(C)(C)[Si](C)(C)OC/C(=C1/SC(N2CCC3(CC2)OC(=O)c2ccccc23)=NC1=O)c1ccc(Cl)nc1. The van der Waals surface area contributed by atoms with E-state index in [0.29, 0.717) is 53.3 Å². The smallest absolute Gasteiger partial charge is 0.339 e. The highest BCUT2D eigenvalue weighted by atomic mass is 35.5. The lowest BCUT2D eigenvalue weighted by Crippen LogP contribution is -2.44. The number of carbonyl (C=O) groups excluding carboxylic acids is 2. The van der Waals surface area contributed by atoms with E-state index in [1.54, 1.807) is 12.3 Å². The molecule has 0 radical (unpaired) electrons. The summed E-state index contributed by atoms with van der Waals surface area (Å²) in [6.45, 7) is 12.5. The maximum Gasteiger partial charge on any atom is 0.339 e. The summed E-state index contributed by atoms with van der Waals surface area (Å²) in [4.78, 5) is 37.0. The third-order valence-corrected chi connectivity index (χ3v) is 13.9. The van der Waals surface area contributed by atoms with E-state index in [0.717, 1.165) is 16.7 Å². The number of ether oxygens (including phenoxy) is 1. The first kappa shape index (κ1) is 27.1. The second kappa shape index (κ2) is 9.93. The zero-order valence-electron chi connectivity index (χ0n) is 22.3. The van der Waals surface area contributed by atoms with E-state index in [4.69, 9.17) is 20.8 Å². The van der Waals surface area contributed by atoms with Gasteiger partial charge >= 0.3 is 5.97 Å². The monoisotopic (exact) mass is 569 g/mol. The Labute approximate surface area is 233 Å². The third-order valence-electron chi connectivity index (χ3n) is 8.09. The number of hydrogen-bond acceptors (Lipinski definition) is 7. The molecule has 1 spiro atoms. The van der Waals surface area contributed by atoms with Crippen molar-refractivity contribution >= 4 is 54.3 Å². The van der Waals surface area contributed by atoms with Crippen LogP contribution in [0.15, 0.2) is 52.5 Å². The molecule has 0 N–H and O–H groups in total. The first-order valence-corrected chi connectivity index (χ1v) is 16.9. The summed E-state index contributed by atoms with van der Waals surface area (Å²) >= 11 is 7.43. The van der Waals surface area contributed by atoms with E-state index < -0.39 is 13.9 Å². The van der Waals surface area contributed by atoms with Crippen LogP contribution in [0, 0.1) is 0 Å². The van der Waals surface area contributed by atoms with Gasteiger partial charge in [0.1, 0.15) is 10.8 Å². The van der Waals surface area contributed by atoms with Crippen molar-refractivity contribution in [3.8, 4) is 0 Å². The van der Waals surface area contributed by atoms with Crippen molar-refractivity contribution in [3.05, 3.63) is 69.3 Å². The van der Waals surface area contributed by atoms with Gasteiger partial charge in [0.2, 0.25) is 0 Å². The molecule has 0 atom stereocenters. The Morgan fingerprint density at radius 2 is 1.87 bits per heavy atom. The molecule has 10 heteroatoms. The molecule has 3 aliphatic heterocycles. The first-order valence-electron chi connectivity index (χ1n) is 12.8. The lowest BCUT2D eigenvalue weighted by molar-refractivity contribution is -0.113. The van der Waals surface area contributed by atoms with E-state index in [1.807, 2.05) is 30.3 Å². The number of amidine groups is 1. The molecule has 1 saturated heterocycles. The second-order valence-corrected chi connectivity index (χ2v) is 17.6.